The van der Waals surface area contributed by atoms with Crippen LogP contribution in [-0.4, -0.2) is 17.4 Å². The highest BCUT2D eigenvalue weighted by Crippen LogP contribution is 2.34. The highest BCUT2D eigenvalue weighted by atomic mass is 16.3. The first-order valence-electron chi connectivity index (χ1n) is 14.6. The van der Waals surface area contributed by atoms with E-state index in [0.29, 0.717) is 0 Å². The smallest absolute Gasteiger partial charge is 0.144 e. The van der Waals surface area contributed by atoms with Crippen molar-refractivity contribution in [2.45, 2.75) is 27.1 Å². The Kier molecular flexibility index (Phi) is 7.81. The van der Waals surface area contributed by atoms with Crippen molar-refractivity contribution >= 4 is 69.3 Å². The SMILES string of the molecule is C/C=C\c1oc2c(c1C)=C=C=CC=2.Cn1c2ccccc2c2c(Cc3cccc4[nH]c5ccccc5c34)cccc21.[B]C. The number of nitrogens with zero attached hydrogens (tertiary/aromatic N) is 1. The molecule has 8 rings (SSSR count). The van der Waals surface area contributed by atoms with Gasteiger partial charge in [-0.3, -0.25) is 0 Å². The number of allylic oxidation sites excluding steroid dienone is 2. The maximum atomic E-state index is 5.60. The van der Waals surface area contributed by atoms with Crippen molar-refractivity contribution in [3.8, 4) is 0 Å². The van der Waals surface area contributed by atoms with E-state index in [1.54, 1.807) is 0 Å². The van der Waals surface area contributed by atoms with E-state index in [2.05, 4.69) is 121 Å². The molecule has 2 radical (unpaired) electrons. The zero-order chi connectivity index (χ0) is 29.9. The Hall–Kier alpha value is -5.14. The molecular formula is C39H33BN2O. The molecule has 4 heteroatoms. The van der Waals surface area contributed by atoms with Crippen LogP contribution in [-0.2, 0) is 13.5 Å². The van der Waals surface area contributed by atoms with Crippen molar-refractivity contribution in [1.29, 1.82) is 0 Å². The van der Waals surface area contributed by atoms with E-state index in [0.717, 1.165) is 28.4 Å². The Morgan fingerprint density at radius 1 is 0.814 bits per heavy atom. The number of furan rings is 1. The minimum Gasteiger partial charge on any atom is -0.456 e. The maximum Gasteiger partial charge on any atom is 0.144 e. The van der Waals surface area contributed by atoms with Gasteiger partial charge in [0.2, 0.25) is 0 Å². The molecular weight excluding hydrogens is 523 g/mol. The Morgan fingerprint density at radius 2 is 1.49 bits per heavy atom. The van der Waals surface area contributed by atoms with Gasteiger partial charge in [0.05, 0.1) is 13.1 Å². The van der Waals surface area contributed by atoms with Crippen LogP contribution in [0.2, 0.25) is 6.82 Å². The number of benzene rings is 4. The van der Waals surface area contributed by atoms with Gasteiger partial charge in [0, 0.05) is 56.2 Å². The Labute approximate surface area is 252 Å². The summed E-state index contributed by atoms with van der Waals surface area (Å²) in [6.45, 7) is 5.51. The Bertz CT molecular complexity index is 2350. The fourth-order valence-electron chi connectivity index (χ4n) is 6.13. The van der Waals surface area contributed by atoms with Crippen LogP contribution < -0.4 is 10.6 Å². The van der Waals surface area contributed by atoms with Gasteiger partial charge in [-0.2, -0.15) is 0 Å². The van der Waals surface area contributed by atoms with E-state index in [9.17, 15) is 0 Å². The van der Waals surface area contributed by atoms with Crippen LogP contribution in [0.15, 0.2) is 107 Å². The molecule has 0 fully saturated rings. The number of H-pyrrole nitrogens is 1. The minimum atomic E-state index is 0.879. The largest absolute Gasteiger partial charge is 0.456 e. The van der Waals surface area contributed by atoms with Gasteiger partial charge in [-0.1, -0.05) is 85.0 Å². The summed E-state index contributed by atoms with van der Waals surface area (Å²) in [6, 6.07) is 30.6. The van der Waals surface area contributed by atoms with Crippen molar-refractivity contribution in [3.05, 3.63) is 136 Å². The van der Waals surface area contributed by atoms with Crippen LogP contribution in [0.3, 0.4) is 0 Å². The Morgan fingerprint density at radius 3 is 2.28 bits per heavy atom. The third kappa shape index (κ3) is 4.98. The second-order valence-corrected chi connectivity index (χ2v) is 10.5. The van der Waals surface area contributed by atoms with E-state index >= 15 is 0 Å². The fraction of sp³-hybridized carbons (Fsp3) is 0.128. The summed E-state index contributed by atoms with van der Waals surface area (Å²) in [5.74, 6) is 0.911. The predicted octanol–water partition coefficient (Wildman–Crippen LogP) is 8.27. The number of aromatic nitrogens is 2. The second-order valence-electron chi connectivity index (χ2n) is 10.5. The number of aromatic amines is 1. The average Bonchev–Trinajstić information content (AvgIpc) is 3.69. The van der Waals surface area contributed by atoms with Gasteiger partial charge >= 0.3 is 0 Å². The number of hydrogen-bond donors (Lipinski definition) is 1. The number of aryl methyl sites for hydroxylation is 1. The van der Waals surface area contributed by atoms with Gasteiger partial charge in [0.1, 0.15) is 11.2 Å². The number of nitrogens with one attached hydrogen (secondary N) is 1. The van der Waals surface area contributed by atoms with Crippen molar-refractivity contribution < 1.29 is 4.42 Å². The van der Waals surface area contributed by atoms with Gasteiger partial charge in [0.15, 0.2) is 0 Å². The molecule has 1 N–H and O–H groups in total. The maximum absolute atomic E-state index is 5.60. The van der Waals surface area contributed by atoms with Crippen LogP contribution in [0.25, 0.3) is 61.5 Å². The molecule has 0 atom stereocenters. The van der Waals surface area contributed by atoms with Crippen LogP contribution in [0.4, 0.5) is 0 Å². The lowest BCUT2D eigenvalue weighted by molar-refractivity contribution is 0.520. The zero-order valence-corrected chi connectivity index (χ0v) is 25.0. The van der Waals surface area contributed by atoms with Gasteiger partial charge in [-0.05, 0) is 73.9 Å². The van der Waals surface area contributed by atoms with Crippen LogP contribution in [0.1, 0.15) is 29.4 Å². The monoisotopic (exact) mass is 556 g/mol. The molecule has 0 aliphatic heterocycles. The Balaban J connectivity index is 0.000000185. The van der Waals surface area contributed by atoms with Gasteiger partial charge < -0.3 is 14.0 Å². The number of hydrogen-bond acceptors (Lipinski definition) is 1. The molecule has 4 aromatic carbocycles. The third-order valence-corrected chi connectivity index (χ3v) is 8.07. The average molecular weight is 557 g/mol. The van der Waals surface area contributed by atoms with Crippen LogP contribution in [0, 0.1) is 6.92 Å². The summed E-state index contributed by atoms with van der Waals surface area (Å²) in [7, 11) is 6.66. The van der Waals surface area contributed by atoms with E-state index in [-0.39, 0.29) is 0 Å². The lowest BCUT2D eigenvalue weighted by atomic mass is 9.96. The molecule has 0 amide bonds. The quantitative estimate of drug-likeness (QED) is 0.173. The molecule has 43 heavy (non-hydrogen) atoms. The third-order valence-electron chi connectivity index (χ3n) is 8.07. The fourth-order valence-corrected chi connectivity index (χ4v) is 6.13. The summed E-state index contributed by atoms with van der Waals surface area (Å²) in [4.78, 5) is 3.57. The molecule has 1 aliphatic carbocycles. The van der Waals surface area contributed by atoms with Crippen LogP contribution >= 0.6 is 0 Å². The predicted molar refractivity (Wildman–Crippen MR) is 184 cm³/mol. The van der Waals surface area contributed by atoms with Crippen molar-refractivity contribution in [1.82, 2.24) is 9.55 Å². The van der Waals surface area contributed by atoms with Crippen molar-refractivity contribution in [3.63, 3.8) is 0 Å². The molecule has 3 aromatic heterocycles. The number of rotatable bonds is 3. The number of fused-ring (bicyclic) bond motifs is 7. The molecule has 0 unspecified atom stereocenters. The first-order chi connectivity index (χ1) is 21.1. The van der Waals surface area contributed by atoms with E-state index in [4.69, 9.17) is 4.42 Å². The highest BCUT2D eigenvalue weighted by molar-refractivity contribution is 6.11. The minimum absolute atomic E-state index is 0.879. The first kappa shape index (κ1) is 28.0. The number of para-hydroxylation sites is 2. The molecule has 208 valence electrons. The van der Waals surface area contributed by atoms with E-state index in [1.807, 2.05) is 38.2 Å². The van der Waals surface area contributed by atoms with Gasteiger partial charge in [-0.25, -0.2) is 0 Å². The molecule has 3 heterocycles. The molecule has 0 spiro atoms. The summed E-state index contributed by atoms with van der Waals surface area (Å²) in [6.07, 6.45) is 8.57. The molecule has 1 aliphatic rings. The van der Waals surface area contributed by atoms with E-state index in [1.165, 1.54) is 61.6 Å². The summed E-state index contributed by atoms with van der Waals surface area (Å²) >= 11 is 0. The topological polar surface area (TPSA) is 33.9 Å². The standard InChI is InChI=1S/C26H20N2.C12H10O.CH3B/c1-28-23-14-5-3-11-20(23)26-18(9-7-15-24(26)28)16-17-8-6-13-22-25(17)19-10-2-4-12-21(19)27-22;1-3-6-11-9(2)10-7-4-5-8-12(10)13-11;1-2/h2-15,27H,16H2,1H3;3,5-6,8H,1-2H3;1H3/b;6-3-;. The first-order valence-corrected chi connectivity index (χ1v) is 14.6. The van der Waals surface area contributed by atoms with Gasteiger partial charge in [-0.15, -0.1) is 0 Å². The lowest BCUT2D eigenvalue weighted by Crippen LogP contribution is -2.20. The molecule has 7 aromatic rings. The van der Waals surface area contributed by atoms with Gasteiger partial charge in [0.25, 0.3) is 0 Å². The normalized spacial score (nSPS) is 11.7. The molecule has 3 nitrogen and oxygen atoms in total. The summed E-state index contributed by atoms with van der Waals surface area (Å²) in [5.41, 5.74) is 15.7. The van der Waals surface area contributed by atoms with Crippen LogP contribution in [0.5, 0.6) is 0 Å². The molecule has 0 bridgehead atoms. The van der Waals surface area contributed by atoms with Crippen molar-refractivity contribution in [2.75, 3.05) is 0 Å². The van der Waals surface area contributed by atoms with E-state index < -0.39 is 0 Å². The lowest BCUT2D eigenvalue weighted by Gasteiger charge is -2.07. The van der Waals surface area contributed by atoms with Crippen molar-refractivity contribution in [2.24, 2.45) is 7.05 Å². The second kappa shape index (κ2) is 12.0. The molecule has 0 saturated heterocycles. The summed E-state index contributed by atoms with van der Waals surface area (Å²) in [5, 5.41) is 6.38. The summed E-state index contributed by atoms with van der Waals surface area (Å²) < 4.78 is 7.91. The zero-order valence-electron chi connectivity index (χ0n) is 25.0. The molecule has 0 saturated carbocycles. The highest BCUT2D eigenvalue weighted by Gasteiger charge is 2.14.